The first kappa shape index (κ1) is 15.5. The van der Waals surface area contributed by atoms with E-state index in [0.717, 1.165) is 12.1 Å². The molecule has 0 aromatic heterocycles. The zero-order valence-electron chi connectivity index (χ0n) is 10.0. The van der Waals surface area contributed by atoms with E-state index in [9.17, 15) is 18.3 Å². The predicted octanol–water partition coefficient (Wildman–Crippen LogP) is 3.48. The summed E-state index contributed by atoms with van der Waals surface area (Å²) in [4.78, 5) is 0. The van der Waals surface area contributed by atoms with Gasteiger partial charge >= 0.3 is 6.18 Å². The second kappa shape index (κ2) is 5.59. The maximum Gasteiger partial charge on any atom is 0.416 e. The molecule has 6 heteroatoms. The third-order valence-corrected chi connectivity index (χ3v) is 3.14. The number of alkyl halides is 3. The maximum atomic E-state index is 12.6. The molecule has 0 aliphatic carbocycles. The number of benzene rings is 1. The minimum Gasteiger partial charge on any atom is -0.391 e. The number of nitrogens with two attached hydrogens (primary N) is 1. The Bertz CT molecular complexity index is 420. The van der Waals surface area contributed by atoms with Gasteiger partial charge in [-0.05, 0) is 29.7 Å². The van der Waals surface area contributed by atoms with E-state index in [1.807, 2.05) is 0 Å². The fourth-order valence-corrected chi connectivity index (χ4v) is 2.09. The minimum absolute atomic E-state index is 0.131. The van der Waals surface area contributed by atoms with Gasteiger partial charge in [0.05, 0.1) is 17.7 Å². The van der Waals surface area contributed by atoms with Crippen molar-refractivity contribution in [3.05, 3.63) is 33.8 Å². The van der Waals surface area contributed by atoms with Gasteiger partial charge in [0.2, 0.25) is 0 Å². The zero-order valence-corrected chi connectivity index (χ0v) is 11.6. The Morgan fingerprint density at radius 1 is 1.22 bits per heavy atom. The lowest BCUT2D eigenvalue weighted by atomic mass is 9.93. The lowest BCUT2D eigenvalue weighted by Crippen LogP contribution is -2.30. The van der Waals surface area contributed by atoms with Gasteiger partial charge in [0.25, 0.3) is 0 Å². The Hall–Kier alpha value is -0.590. The molecule has 0 aliphatic heterocycles. The van der Waals surface area contributed by atoms with Gasteiger partial charge < -0.3 is 10.8 Å². The van der Waals surface area contributed by atoms with E-state index in [1.54, 1.807) is 13.8 Å². The number of halogens is 4. The quantitative estimate of drug-likeness (QED) is 0.893. The van der Waals surface area contributed by atoms with Gasteiger partial charge in [-0.25, -0.2) is 0 Å². The smallest absolute Gasteiger partial charge is 0.391 e. The third-order valence-electron chi connectivity index (χ3n) is 2.68. The van der Waals surface area contributed by atoms with Crippen LogP contribution in [-0.2, 0) is 6.18 Å². The Balaban J connectivity index is 3.14. The van der Waals surface area contributed by atoms with E-state index < -0.39 is 23.9 Å². The van der Waals surface area contributed by atoms with Gasteiger partial charge in [-0.15, -0.1) is 0 Å². The van der Waals surface area contributed by atoms with Gasteiger partial charge in [-0.3, -0.25) is 0 Å². The van der Waals surface area contributed by atoms with Crippen LogP contribution in [0.1, 0.15) is 31.0 Å². The zero-order chi connectivity index (χ0) is 14.1. The Morgan fingerprint density at radius 2 is 1.78 bits per heavy atom. The molecule has 0 radical (unpaired) electrons. The molecule has 2 atom stereocenters. The molecule has 0 bridgehead atoms. The van der Waals surface area contributed by atoms with Crippen molar-refractivity contribution in [3.8, 4) is 0 Å². The van der Waals surface area contributed by atoms with Crippen LogP contribution in [0.25, 0.3) is 0 Å². The molecule has 0 spiro atoms. The van der Waals surface area contributed by atoms with Gasteiger partial charge in [-0.1, -0.05) is 29.8 Å². The Morgan fingerprint density at radius 3 is 2.22 bits per heavy atom. The molecule has 18 heavy (non-hydrogen) atoms. The topological polar surface area (TPSA) is 46.2 Å². The van der Waals surface area contributed by atoms with Crippen molar-refractivity contribution in [1.82, 2.24) is 0 Å². The molecule has 102 valence electrons. The molecular weight excluding hydrogens is 311 g/mol. The van der Waals surface area contributed by atoms with Crippen LogP contribution in [0, 0.1) is 5.92 Å². The summed E-state index contributed by atoms with van der Waals surface area (Å²) >= 11 is 3.02. The van der Waals surface area contributed by atoms with Gasteiger partial charge in [0.15, 0.2) is 0 Å². The standard InChI is InChI=1S/C12H15BrF3NO/c1-6(2)11(18)10(17)7-3-8(12(14,15)16)5-9(13)4-7/h3-6,10-11,18H,17H2,1-2H3/t10-,11+/m0/s1. The number of hydrogen-bond acceptors (Lipinski definition) is 2. The van der Waals surface area contributed by atoms with Crippen LogP contribution in [0.4, 0.5) is 13.2 Å². The first-order chi connectivity index (χ1) is 8.12. The van der Waals surface area contributed by atoms with Crippen molar-refractivity contribution in [2.24, 2.45) is 11.7 Å². The summed E-state index contributed by atoms with van der Waals surface area (Å²) in [6, 6.07) is 2.61. The van der Waals surface area contributed by atoms with Crippen molar-refractivity contribution in [1.29, 1.82) is 0 Å². The molecule has 0 fully saturated rings. The predicted molar refractivity (Wildman–Crippen MR) is 66.9 cm³/mol. The SMILES string of the molecule is CC(C)[C@@H](O)[C@@H](N)c1cc(Br)cc(C(F)(F)F)c1. The summed E-state index contributed by atoms with van der Waals surface area (Å²) in [5.41, 5.74) is 5.26. The summed E-state index contributed by atoms with van der Waals surface area (Å²) < 4.78 is 38.2. The average molecular weight is 326 g/mol. The molecule has 0 heterocycles. The van der Waals surface area contributed by atoms with Crippen LogP contribution >= 0.6 is 15.9 Å². The molecule has 0 amide bonds. The second-order valence-electron chi connectivity index (χ2n) is 4.53. The number of rotatable bonds is 3. The molecule has 0 saturated heterocycles. The molecule has 0 aliphatic rings. The first-order valence-electron chi connectivity index (χ1n) is 5.44. The van der Waals surface area contributed by atoms with Crippen molar-refractivity contribution in [3.63, 3.8) is 0 Å². The average Bonchev–Trinajstić information content (AvgIpc) is 2.24. The van der Waals surface area contributed by atoms with E-state index in [1.165, 1.54) is 6.07 Å². The molecule has 1 rings (SSSR count). The summed E-state index contributed by atoms with van der Waals surface area (Å²) in [6.45, 7) is 3.51. The highest BCUT2D eigenvalue weighted by Gasteiger charge is 2.32. The van der Waals surface area contributed by atoms with E-state index in [2.05, 4.69) is 15.9 Å². The molecule has 0 saturated carbocycles. The van der Waals surface area contributed by atoms with E-state index in [0.29, 0.717) is 4.47 Å². The lowest BCUT2D eigenvalue weighted by Gasteiger charge is -2.23. The fourth-order valence-electron chi connectivity index (χ4n) is 1.58. The molecule has 1 aromatic carbocycles. The molecule has 2 nitrogen and oxygen atoms in total. The third kappa shape index (κ3) is 3.70. The van der Waals surface area contributed by atoms with Crippen LogP contribution in [-0.4, -0.2) is 11.2 Å². The summed E-state index contributed by atoms with van der Waals surface area (Å²) in [7, 11) is 0. The normalized spacial score (nSPS) is 15.8. The molecule has 3 N–H and O–H groups in total. The van der Waals surface area contributed by atoms with Crippen LogP contribution < -0.4 is 5.73 Å². The van der Waals surface area contributed by atoms with Crippen LogP contribution in [0.5, 0.6) is 0 Å². The molecular formula is C12H15BrF3NO. The lowest BCUT2D eigenvalue weighted by molar-refractivity contribution is -0.137. The Kier molecular flexibility index (Phi) is 4.80. The highest BCUT2D eigenvalue weighted by atomic mass is 79.9. The minimum atomic E-state index is -4.43. The van der Waals surface area contributed by atoms with Gasteiger partial charge in [-0.2, -0.15) is 13.2 Å². The van der Waals surface area contributed by atoms with Crippen molar-refractivity contribution in [2.45, 2.75) is 32.2 Å². The first-order valence-corrected chi connectivity index (χ1v) is 6.23. The number of aliphatic hydroxyl groups excluding tert-OH is 1. The van der Waals surface area contributed by atoms with E-state index >= 15 is 0 Å². The fraction of sp³-hybridized carbons (Fsp3) is 0.500. The summed E-state index contributed by atoms with van der Waals surface area (Å²) in [6.07, 6.45) is -5.32. The number of hydrogen-bond donors (Lipinski definition) is 2. The van der Waals surface area contributed by atoms with Crippen molar-refractivity contribution in [2.75, 3.05) is 0 Å². The maximum absolute atomic E-state index is 12.6. The number of aliphatic hydroxyl groups is 1. The summed E-state index contributed by atoms with van der Waals surface area (Å²) in [5, 5.41) is 9.81. The second-order valence-corrected chi connectivity index (χ2v) is 5.45. The Labute approximate surface area is 112 Å². The largest absolute Gasteiger partial charge is 0.416 e. The van der Waals surface area contributed by atoms with Gasteiger partial charge in [0.1, 0.15) is 0 Å². The molecule has 1 aromatic rings. The van der Waals surface area contributed by atoms with E-state index in [4.69, 9.17) is 5.73 Å². The van der Waals surface area contributed by atoms with Crippen molar-refractivity contribution >= 4 is 15.9 Å². The molecule has 0 unspecified atom stereocenters. The highest BCUT2D eigenvalue weighted by molar-refractivity contribution is 9.10. The van der Waals surface area contributed by atoms with Crippen LogP contribution in [0.3, 0.4) is 0 Å². The van der Waals surface area contributed by atoms with Crippen LogP contribution in [0.15, 0.2) is 22.7 Å². The van der Waals surface area contributed by atoms with Crippen LogP contribution in [0.2, 0.25) is 0 Å². The van der Waals surface area contributed by atoms with Crippen molar-refractivity contribution < 1.29 is 18.3 Å². The monoisotopic (exact) mass is 325 g/mol. The highest BCUT2D eigenvalue weighted by Crippen LogP contribution is 2.34. The van der Waals surface area contributed by atoms with Gasteiger partial charge in [0, 0.05) is 4.47 Å². The van der Waals surface area contributed by atoms with E-state index in [-0.39, 0.29) is 11.5 Å². The summed E-state index contributed by atoms with van der Waals surface area (Å²) in [5.74, 6) is -0.131.